The van der Waals surface area contributed by atoms with Gasteiger partial charge in [-0.3, -0.25) is 14.4 Å². The first-order valence-corrected chi connectivity index (χ1v) is 12.6. The number of carbonyl (C=O) groups is 3. The van der Waals surface area contributed by atoms with Gasteiger partial charge in [-0.05, 0) is 83.3 Å². The molecule has 4 aromatic rings. The molecule has 0 atom stereocenters. The first-order valence-electron chi connectivity index (χ1n) is 11.6. The number of anilines is 2. The summed E-state index contributed by atoms with van der Waals surface area (Å²) in [5.41, 5.74) is 4.92. The highest BCUT2D eigenvalue weighted by molar-refractivity contribution is 7.08. The first kappa shape index (κ1) is 24.9. The lowest BCUT2D eigenvalue weighted by Crippen LogP contribution is -2.18. The van der Waals surface area contributed by atoms with Crippen LogP contribution in [-0.2, 0) is 16.0 Å². The molecular formula is C29H26N2O4S. The minimum Gasteiger partial charge on any atom is -0.466 e. The third-order valence-corrected chi connectivity index (χ3v) is 6.21. The highest BCUT2D eigenvalue weighted by Gasteiger charge is 2.15. The van der Waals surface area contributed by atoms with E-state index in [4.69, 9.17) is 4.74 Å². The molecule has 2 N–H and O–H groups in total. The van der Waals surface area contributed by atoms with Gasteiger partial charge >= 0.3 is 5.97 Å². The number of aryl methyl sites for hydroxylation is 1. The summed E-state index contributed by atoms with van der Waals surface area (Å²) in [5, 5.41) is 9.80. The van der Waals surface area contributed by atoms with E-state index in [1.54, 1.807) is 60.7 Å². The third-order valence-electron chi connectivity index (χ3n) is 5.53. The minimum atomic E-state index is -0.346. The molecule has 0 spiro atoms. The summed E-state index contributed by atoms with van der Waals surface area (Å²) in [7, 11) is 0. The molecule has 1 heterocycles. The summed E-state index contributed by atoms with van der Waals surface area (Å²) in [4.78, 5) is 37.6. The molecule has 7 heteroatoms. The van der Waals surface area contributed by atoms with Crippen LogP contribution in [0.1, 0.15) is 39.6 Å². The summed E-state index contributed by atoms with van der Waals surface area (Å²) < 4.78 is 4.97. The fourth-order valence-corrected chi connectivity index (χ4v) is 4.37. The van der Waals surface area contributed by atoms with Crippen LogP contribution in [0.3, 0.4) is 0 Å². The van der Waals surface area contributed by atoms with Crippen LogP contribution in [0.5, 0.6) is 0 Å². The zero-order valence-electron chi connectivity index (χ0n) is 19.8. The Hall–Kier alpha value is -4.23. The van der Waals surface area contributed by atoms with E-state index in [0.29, 0.717) is 35.5 Å². The van der Waals surface area contributed by atoms with Gasteiger partial charge in [-0.15, -0.1) is 0 Å². The topological polar surface area (TPSA) is 84.5 Å². The molecule has 4 rings (SSSR count). The molecule has 0 saturated carbocycles. The zero-order chi connectivity index (χ0) is 25.3. The van der Waals surface area contributed by atoms with Crippen LogP contribution >= 0.6 is 11.3 Å². The van der Waals surface area contributed by atoms with Crippen molar-refractivity contribution in [3.63, 3.8) is 0 Å². The van der Waals surface area contributed by atoms with Gasteiger partial charge in [0.25, 0.3) is 11.8 Å². The second-order valence-corrected chi connectivity index (χ2v) is 8.83. The van der Waals surface area contributed by atoms with Gasteiger partial charge in [0.1, 0.15) is 0 Å². The molecule has 2 amide bonds. The Labute approximate surface area is 213 Å². The van der Waals surface area contributed by atoms with Crippen molar-refractivity contribution in [3.05, 3.63) is 106 Å². The van der Waals surface area contributed by atoms with E-state index < -0.39 is 0 Å². The van der Waals surface area contributed by atoms with Crippen LogP contribution in [0, 0.1) is 0 Å². The number of amides is 2. The van der Waals surface area contributed by atoms with E-state index in [9.17, 15) is 14.4 Å². The first-order chi connectivity index (χ1) is 17.5. The number of para-hydroxylation sites is 1. The van der Waals surface area contributed by atoms with Crippen molar-refractivity contribution in [2.24, 2.45) is 0 Å². The van der Waals surface area contributed by atoms with Crippen molar-refractivity contribution in [2.45, 2.75) is 19.8 Å². The van der Waals surface area contributed by atoms with Gasteiger partial charge in [-0.25, -0.2) is 0 Å². The largest absolute Gasteiger partial charge is 0.466 e. The SMILES string of the molecule is CCOC(=O)CCc1cccc(NC(=O)c2ccccc2NC(=O)c2ccc(-c3ccsc3)cc2)c1. The number of ether oxygens (including phenoxy) is 1. The van der Waals surface area contributed by atoms with E-state index in [-0.39, 0.29) is 24.2 Å². The number of nitrogens with one attached hydrogen (secondary N) is 2. The lowest BCUT2D eigenvalue weighted by atomic mass is 10.1. The molecule has 0 radical (unpaired) electrons. The van der Waals surface area contributed by atoms with Crippen LogP contribution in [0.25, 0.3) is 11.1 Å². The summed E-state index contributed by atoms with van der Waals surface area (Å²) in [6.07, 6.45) is 0.786. The van der Waals surface area contributed by atoms with E-state index in [0.717, 1.165) is 16.7 Å². The monoisotopic (exact) mass is 498 g/mol. The normalized spacial score (nSPS) is 10.5. The molecule has 6 nitrogen and oxygen atoms in total. The van der Waals surface area contributed by atoms with Crippen LogP contribution in [0.15, 0.2) is 89.6 Å². The van der Waals surface area contributed by atoms with Gasteiger partial charge in [0, 0.05) is 17.7 Å². The Kier molecular flexibility index (Phi) is 8.26. The standard InChI is InChI=1S/C29H26N2O4S/c1-2-35-27(32)15-10-20-6-5-7-24(18-20)30-29(34)25-8-3-4-9-26(25)31-28(33)22-13-11-21(12-14-22)23-16-17-36-19-23/h3-9,11-14,16-19H,2,10,15H2,1H3,(H,30,34)(H,31,33). The molecule has 0 fully saturated rings. The Bertz CT molecular complexity index is 1350. The molecule has 0 bridgehead atoms. The Morgan fingerprint density at radius 1 is 0.833 bits per heavy atom. The van der Waals surface area contributed by atoms with Gasteiger partial charge in [0.15, 0.2) is 0 Å². The average molecular weight is 499 g/mol. The van der Waals surface area contributed by atoms with Crippen LogP contribution in [0.4, 0.5) is 11.4 Å². The molecule has 0 aliphatic rings. The summed E-state index contributed by atoms with van der Waals surface area (Å²) >= 11 is 1.62. The second-order valence-electron chi connectivity index (χ2n) is 8.05. The molecule has 1 aromatic heterocycles. The van der Waals surface area contributed by atoms with E-state index >= 15 is 0 Å². The molecule has 0 unspecified atom stereocenters. The number of rotatable bonds is 9. The van der Waals surface area contributed by atoms with Gasteiger partial charge in [-0.2, -0.15) is 11.3 Å². The number of benzene rings is 3. The van der Waals surface area contributed by atoms with Gasteiger partial charge in [0.05, 0.1) is 17.9 Å². The smallest absolute Gasteiger partial charge is 0.306 e. The fraction of sp³-hybridized carbons (Fsp3) is 0.138. The molecule has 3 aromatic carbocycles. The highest BCUT2D eigenvalue weighted by Crippen LogP contribution is 2.23. The van der Waals surface area contributed by atoms with Gasteiger partial charge in [-0.1, -0.05) is 36.4 Å². The quantitative estimate of drug-likeness (QED) is 0.261. The molecule has 0 aliphatic carbocycles. The minimum absolute atomic E-state index is 0.252. The molecule has 0 saturated heterocycles. The van der Waals surface area contributed by atoms with Crippen molar-refractivity contribution in [1.29, 1.82) is 0 Å². The number of carbonyl (C=O) groups excluding carboxylic acids is 3. The van der Waals surface area contributed by atoms with E-state index in [1.807, 2.05) is 41.8 Å². The van der Waals surface area contributed by atoms with Crippen LogP contribution in [-0.4, -0.2) is 24.4 Å². The summed E-state index contributed by atoms with van der Waals surface area (Å²) in [6.45, 7) is 2.13. The Morgan fingerprint density at radius 3 is 2.39 bits per heavy atom. The van der Waals surface area contributed by atoms with Crippen LogP contribution < -0.4 is 10.6 Å². The maximum atomic E-state index is 13.1. The lowest BCUT2D eigenvalue weighted by molar-refractivity contribution is -0.143. The van der Waals surface area contributed by atoms with Crippen molar-refractivity contribution in [2.75, 3.05) is 17.2 Å². The van der Waals surface area contributed by atoms with Crippen LogP contribution in [0.2, 0.25) is 0 Å². The predicted octanol–water partition coefficient (Wildman–Crippen LogP) is 6.42. The second kappa shape index (κ2) is 12.0. The fourth-order valence-electron chi connectivity index (χ4n) is 3.71. The number of hydrogen-bond donors (Lipinski definition) is 2. The number of hydrogen-bond acceptors (Lipinski definition) is 5. The molecule has 182 valence electrons. The van der Waals surface area contributed by atoms with Crippen molar-refractivity contribution in [3.8, 4) is 11.1 Å². The van der Waals surface area contributed by atoms with E-state index in [2.05, 4.69) is 16.0 Å². The summed E-state index contributed by atoms with van der Waals surface area (Å²) in [5.74, 6) is -0.896. The Morgan fingerprint density at radius 2 is 1.64 bits per heavy atom. The summed E-state index contributed by atoms with van der Waals surface area (Å²) in [6, 6.07) is 23.6. The number of esters is 1. The van der Waals surface area contributed by atoms with Gasteiger partial charge < -0.3 is 15.4 Å². The van der Waals surface area contributed by atoms with Gasteiger partial charge in [0.2, 0.25) is 0 Å². The van der Waals surface area contributed by atoms with Crippen molar-refractivity contribution in [1.82, 2.24) is 0 Å². The molecule has 0 aliphatic heterocycles. The maximum absolute atomic E-state index is 13.1. The Balaban J connectivity index is 1.43. The predicted molar refractivity (Wildman–Crippen MR) is 143 cm³/mol. The third kappa shape index (κ3) is 6.46. The molecular weight excluding hydrogens is 472 g/mol. The zero-order valence-corrected chi connectivity index (χ0v) is 20.6. The maximum Gasteiger partial charge on any atom is 0.306 e. The van der Waals surface area contributed by atoms with Crippen molar-refractivity contribution >= 4 is 40.5 Å². The molecule has 36 heavy (non-hydrogen) atoms. The van der Waals surface area contributed by atoms with E-state index in [1.165, 1.54) is 0 Å². The average Bonchev–Trinajstić information content (AvgIpc) is 3.43. The van der Waals surface area contributed by atoms with Crippen molar-refractivity contribution < 1.29 is 19.1 Å². The lowest BCUT2D eigenvalue weighted by Gasteiger charge is -2.12. The number of thiophene rings is 1. The highest BCUT2D eigenvalue weighted by atomic mass is 32.1.